The number of nitrogens with one attached hydrogen (secondary N) is 1. The lowest BCUT2D eigenvalue weighted by atomic mass is 10.0. The number of hydrogen-bond acceptors (Lipinski definition) is 2. The van der Waals surface area contributed by atoms with Gasteiger partial charge in [-0.15, -0.1) is 0 Å². The fourth-order valence-electron chi connectivity index (χ4n) is 4.40. The van der Waals surface area contributed by atoms with Crippen molar-refractivity contribution in [2.75, 3.05) is 11.1 Å². The first kappa shape index (κ1) is 10.9. The Morgan fingerprint density at radius 1 is 1.22 bits per heavy atom. The second kappa shape index (κ2) is 3.53. The van der Waals surface area contributed by atoms with Gasteiger partial charge in [-0.25, -0.2) is 4.39 Å². The van der Waals surface area contributed by atoms with E-state index < -0.39 is 5.82 Å². The summed E-state index contributed by atoms with van der Waals surface area (Å²) < 4.78 is 14.0. The van der Waals surface area contributed by atoms with Crippen LogP contribution in [0.25, 0.3) is 0 Å². The number of halogens is 2. The summed E-state index contributed by atoms with van der Waals surface area (Å²) in [5.74, 6) is 2.82. The van der Waals surface area contributed by atoms with Crippen LogP contribution < -0.4 is 11.1 Å². The van der Waals surface area contributed by atoms with Gasteiger partial charge < -0.3 is 11.1 Å². The molecule has 0 amide bonds. The van der Waals surface area contributed by atoms with E-state index in [9.17, 15) is 4.39 Å². The highest BCUT2D eigenvalue weighted by Gasteiger charge is 2.65. The molecule has 0 radical (unpaired) electrons. The average Bonchev–Trinajstić information content (AvgIpc) is 2.75. The van der Waals surface area contributed by atoms with Gasteiger partial charge in [0.1, 0.15) is 0 Å². The number of anilines is 2. The molecule has 3 saturated carbocycles. The molecule has 3 N–H and O–H groups in total. The van der Waals surface area contributed by atoms with Crippen molar-refractivity contribution in [3.8, 4) is 0 Å². The van der Waals surface area contributed by atoms with Crippen LogP contribution in [0.4, 0.5) is 15.8 Å². The predicted molar refractivity (Wildman–Crippen MR) is 71.0 cm³/mol. The second-order valence-corrected chi connectivity index (χ2v) is 6.39. The van der Waals surface area contributed by atoms with Gasteiger partial charge in [0, 0.05) is 6.04 Å². The molecule has 0 aliphatic heterocycles. The molecule has 4 unspecified atom stereocenters. The smallest absolute Gasteiger partial charge is 0.166 e. The summed E-state index contributed by atoms with van der Waals surface area (Å²) in [6.07, 6.45) is 4.11. The maximum Gasteiger partial charge on any atom is 0.166 e. The summed E-state index contributed by atoms with van der Waals surface area (Å²) in [4.78, 5) is 0. The van der Waals surface area contributed by atoms with Crippen molar-refractivity contribution in [3.05, 3.63) is 23.0 Å². The molecule has 0 spiro atoms. The van der Waals surface area contributed by atoms with Crippen LogP contribution in [0.5, 0.6) is 0 Å². The molecule has 4 rings (SSSR count). The SMILES string of the molecule is Nc1ccc(Cl)c(F)c1NC1C2C3CCC(C3)C12. The fourth-order valence-corrected chi connectivity index (χ4v) is 4.55. The van der Waals surface area contributed by atoms with E-state index in [1.54, 1.807) is 6.07 Å². The summed E-state index contributed by atoms with van der Waals surface area (Å²) in [6, 6.07) is 3.60. The third-order valence-electron chi connectivity index (χ3n) is 5.17. The molecule has 3 aliphatic rings. The van der Waals surface area contributed by atoms with Crippen molar-refractivity contribution in [2.45, 2.75) is 25.3 Å². The van der Waals surface area contributed by atoms with Crippen LogP contribution in [0, 0.1) is 29.5 Å². The Labute approximate surface area is 111 Å². The Balaban J connectivity index is 1.59. The Morgan fingerprint density at radius 2 is 1.89 bits per heavy atom. The topological polar surface area (TPSA) is 38.0 Å². The minimum Gasteiger partial charge on any atom is -0.397 e. The third-order valence-corrected chi connectivity index (χ3v) is 5.47. The minimum atomic E-state index is -0.408. The van der Waals surface area contributed by atoms with Gasteiger partial charge in [0.15, 0.2) is 5.82 Å². The van der Waals surface area contributed by atoms with Crippen molar-refractivity contribution >= 4 is 23.0 Å². The van der Waals surface area contributed by atoms with E-state index in [1.807, 2.05) is 0 Å². The molecule has 96 valence electrons. The number of rotatable bonds is 2. The summed E-state index contributed by atoms with van der Waals surface area (Å²) in [5.41, 5.74) is 6.70. The zero-order valence-electron chi connectivity index (χ0n) is 10.00. The van der Waals surface area contributed by atoms with E-state index in [1.165, 1.54) is 25.3 Å². The summed E-state index contributed by atoms with van der Waals surface area (Å²) in [6.45, 7) is 0. The van der Waals surface area contributed by atoms with Crippen LogP contribution in [0.2, 0.25) is 5.02 Å². The molecule has 3 fully saturated rings. The van der Waals surface area contributed by atoms with Crippen LogP contribution in [0.1, 0.15) is 19.3 Å². The standard InChI is InChI=1S/C14H16ClFN2/c15-8-3-4-9(17)13(12(8)16)18-14-10-6-1-2-7(5-6)11(10)14/h3-4,6-7,10-11,14,18H,1-2,5,17H2. The van der Waals surface area contributed by atoms with Gasteiger partial charge in [-0.3, -0.25) is 0 Å². The van der Waals surface area contributed by atoms with Gasteiger partial charge in [0.05, 0.1) is 16.4 Å². The second-order valence-electron chi connectivity index (χ2n) is 5.98. The molecule has 0 aromatic heterocycles. The van der Waals surface area contributed by atoms with Crippen molar-refractivity contribution in [1.29, 1.82) is 0 Å². The van der Waals surface area contributed by atoms with Crippen LogP contribution >= 0.6 is 11.6 Å². The number of benzene rings is 1. The summed E-state index contributed by atoms with van der Waals surface area (Å²) in [7, 11) is 0. The highest BCUT2D eigenvalue weighted by molar-refractivity contribution is 6.31. The average molecular weight is 267 g/mol. The van der Waals surface area contributed by atoms with Crippen molar-refractivity contribution in [1.82, 2.24) is 0 Å². The highest BCUT2D eigenvalue weighted by Crippen LogP contribution is 2.66. The molecule has 4 atom stereocenters. The van der Waals surface area contributed by atoms with E-state index in [2.05, 4.69) is 5.32 Å². The van der Waals surface area contributed by atoms with Crippen LogP contribution in [0.3, 0.4) is 0 Å². The third kappa shape index (κ3) is 1.34. The first-order valence-corrected chi connectivity index (χ1v) is 7.04. The molecule has 4 heteroatoms. The molecule has 2 bridgehead atoms. The molecular formula is C14H16ClFN2. The molecule has 0 heterocycles. The lowest BCUT2D eigenvalue weighted by molar-refractivity contribution is 0.456. The van der Waals surface area contributed by atoms with E-state index in [0.29, 0.717) is 17.4 Å². The molecule has 1 aromatic rings. The van der Waals surface area contributed by atoms with Gasteiger partial charge in [0.25, 0.3) is 0 Å². The number of fused-ring (bicyclic) bond motifs is 5. The van der Waals surface area contributed by atoms with Gasteiger partial charge in [-0.05, 0) is 55.1 Å². The van der Waals surface area contributed by atoms with E-state index in [4.69, 9.17) is 17.3 Å². The van der Waals surface area contributed by atoms with Crippen LogP contribution in [0.15, 0.2) is 12.1 Å². The number of nitrogen functional groups attached to an aromatic ring is 1. The Bertz CT molecular complexity index is 503. The molecular weight excluding hydrogens is 251 g/mol. The Hall–Kier alpha value is -0.960. The molecule has 2 nitrogen and oxygen atoms in total. The lowest BCUT2D eigenvalue weighted by Crippen LogP contribution is -2.15. The Kier molecular flexibility index (Phi) is 2.14. The quantitative estimate of drug-likeness (QED) is 0.804. The Morgan fingerprint density at radius 3 is 2.56 bits per heavy atom. The van der Waals surface area contributed by atoms with E-state index in [-0.39, 0.29) is 5.02 Å². The zero-order chi connectivity index (χ0) is 12.4. The van der Waals surface area contributed by atoms with Gasteiger partial charge in [-0.2, -0.15) is 0 Å². The summed E-state index contributed by atoms with van der Waals surface area (Å²) >= 11 is 5.81. The predicted octanol–water partition coefficient (Wildman–Crippen LogP) is 3.52. The van der Waals surface area contributed by atoms with Crippen molar-refractivity contribution in [3.63, 3.8) is 0 Å². The summed E-state index contributed by atoms with van der Waals surface area (Å²) in [5, 5.41) is 3.45. The first-order valence-electron chi connectivity index (χ1n) is 6.67. The van der Waals surface area contributed by atoms with Gasteiger partial charge in [-0.1, -0.05) is 11.6 Å². The fraction of sp³-hybridized carbons (Fsp3) is 0.571. The highest BCUT2D eigenvalue weighted by atomic mass is 35.5. The molecule has 1 aromatic carbocycles. The maximum absolute atomic E-state index is 14.0. The monoisotopic (exact) mass is 266 g/mol. The lowest BCUT2D eigenvalue weighted by Gasteiger charge is -2.14. The zero-order valence-corrected chi connectivity index (χ0v) is 10.8. The van der Waals surface area contributed by atoms with Crippen LogP contribution in [-0.2, 0) is 0 Å². The van der Waals surface area contributed by atoms with Crippen LogP contribution in [-0.4, -0.2) is 6.04 Å². The molecule has 3 aliphatic carbocycles. The molecule has 0 saturated heterocycles. The molecule has 18 heavy (non-hydrogen) atoms. The first-order chi connectivity index (χ1) is 8.66. The maximum atomic E-state index is 14.0. The van der Waals surface area contributed by atoms with E-state index >= 15 is 0 Å². The normalized spacial score (nSPS) is 39.8. The van der Waals surface area contributed by atoms with Crippen molar-refractivity contribution in [2.24, 2.45) is 23.7 Å². The van der Waals surface area contributed by atoms with Gasteiger partial charge in [0.2, 0.25) is 0 Å². The minimum absolute atomic E-state index is 0.139. The largest absolute Gasteiger partial charge is 0.397 e. The van der Waals surface area contributed by atoms with E-state index in [0.717, 1.165) is 23.7 Å². The number of nitrogens with two attached hydrogens (primary N) is 1. The van der Waals surface area contributed by atoms with Crippen molar-refractivity contribution < 1.29 is 4.39 Å². The number of hydrogen-bond donors (Lipinski definition) is 2. The van der Waals surface area contributed by atoms with Gasteiger partial charge >= 0.3 is 0 Å².